The number of rotatable bonds is 10. The van der Waals surface area contributed by atoms with Gasteiger partial charge in [0.15, 0.2) is 0 Å². The minimum absolute atomic E-state index is 0.0346. The Balaban J connectivity index is 1.56. The fourth-order valence-corrected chi connectivity index (χ4v) is 6.42. The van der Waals surface area contributed by atoms with Gasteiger partial charge in [-0.3, -0.25) is 9.10 Å². The molecule has 15 heteroatoms. The maximum Gasteiger partial charge on any atom is 0.416 e. The minimum atomic E-state index is -4.74. The number of benzene rings is 2. The molecule has 1 heterocycles. The van der Waals surface area contributed by atoms with Gasteiger partial charge in [-0.15, -0.1) is 0 Å². The van der Waals surface area contributed by atoms with Gasteiger partial charge in [0.1, 0.15) is 18.9 Å². The summed E-state index contributed by atoms with van der Waals surface area (Å²) in [5, 5.41) is 2.16. The Labute approximate surface area is 224 Å². The highest BCUT2D eigenvalue weighted by Gasteiger charge is 2.33. The molecule has 3 rings (SSSR count). The van der Waals surface area contributed by atoms with Gasteiger partial charge in [-0.2, -0.15) is 17.5 Å². The Hall–Kier alpha value is -2.55. The van der Waals surface area contributed by atoms with E-state index in [9.17, 15) is 34.8 Å². The van der Waals surface area contributed by atoms with Gasteiger partial charge in [-0.05, 0) is 55.3 Å². The molecule has 1 saturated heterocycles. The van der Waals surface area contributed by atoms with Crippen molar-refractivity contribution in [2.24, 2.45) is 0 Å². The van der Waals surface area contributed by atoms with Gasteiger partial charge in [0.25, 0.3) is 0 Å². The zero-order valence-corrected chi connectivity index (χ0v) is 22.8. The summed E-state index contributed by atoms with van der Waals surface area (Å²) in [5.74, 6) is -0.444. The molecule has 0 unspecified atom stereocenters. The molecule has 1 aliphatic heterocycles. The van der Waals surface area contributed by atoms with E-state index in [-0.39, 0.29) is 23.1 Å². The van der Waals surface area contributed by atoms with Gasteiger partial charge in [0, 0.05) is 13.1 Å². The zero-order valence-electron chi connectivity index (χ0n) is 20.4. The molecule has 0 aromatic heterocycles. The second-order valence-corrected chi connectivity index (χ2v) is 12.8. The zero-order chi connectivity index (χ0) is 28.1. The van der Waals surface area contributed by atoms with Crippen LogP contribution < -0.4 is 14.4 Å². The third kappa shape index (κ3) is 7.74. The van der Waals surface area contributed by atoms with Gasteiger partial charge in [-0.25, -0.2) is 16.8 Å². The van der Waals surface area contributed by atoms with E-state index >= 15 is 0 Å². The molecule has 210 valence electrons. The molecule has 2 aromatic rings. The first-order valence-corrected chi connectivity index (χ1v) is 15.2. The second kappa shape index (κ2) is 12.1. The maximum absolute atomic E-state index is 13.1. The molecule has 0 spiro atoms. The summed E-state index contributed by atoms with van der Waals surface area (Å²) in [6.07, 6.45) is -1.35. The standard InChI is InChI=1S/C23H27ClF3N3O6S2/c1-37(32,33)30(21-15-17(23(25,26)27)5-10-20(21)24)16-22(31)28-11-14-36-18-6-8-19(9-7-18)38(34,35)29-12-3-2-4-13-29/h5-10,15H,2-4,11-14,16H2,1H3,(H,28,31). The number of alkyl halides is 3. The number of hydrogen-bond acceptors (Lipinski definition) is 6. The van der Waals surface area contributed by atoms with E-state index in [1.165, 1.54) is 28.6 Å². The van der Waals surface area contributed by atoms with Crippen LogP contribution in [-0.2, 0) is 31.0 Å². The van der Waals surface area contributed by atoms with Gasteiger partial charge < -0.3 is 10.1 Å². The Morgan fingerprint density at radius 3 is 2.26 bits per heavy atom. The monoisotopic (exact) mass is 597 g/mol. The average Bonchev–Trinajstić information content (AvgIpc) is 2.85. The van der Waals surface area contributed by atoms with Crippen molar-refractivity contribution in [2.75, 3.05) is 43.3 Å². The van der Waals surface area contributed by atoms with Crippen molar-refractivity contribution in [2.45, 2.75) is 30.3 Å². The molecule has 1 N–H and O–H groups in total. The molecule has 1 aliphatic rings. The summed E-state index contributed by atoms with van der Waals surface area (Å²) in [5.41, 5.74) is -1.59. The van der Waals surface area contributed by atoms with Crippen LogP contribution >= 0.6 is 11.6 Å². The lowest BCUT2D eigenvalue weighted by molar-refractivity contribution is -0.137. The van der Waals surface area contributed by atoms with Crippen molar-refractivity contribution in [1.82, 2.24) is 9.62 Å². The molecule has 0 aliphatic carbocycles. The van der Waals surface area contributed by atoms with E-state index in [0.29, 0.717) is 35.3 Å². The van der Waals surface area contributed by atoms with E-state index in [1.54, 1.807) is 0 Å². The number of piperidine rings is 1. The number of amides is 1. The number of carbonyl (C=O) groups excluding carboxylic acids is 1. The quantitative estimate of drug-likeness (QED) is 0.420. The molecule has 1 amide bonds. The van der Waals surface area contributed by atoms with Crippen LogP contribution in [0.3, 0.4) is 0 Å². The van der Waals surface area contributed by atoms with Crippen molar-refractivity contribution in [3.63, 3.8) is 0 Å². The van der Waals surface area contributed by atoms with E-state index in [1.807, 2.05) is 0 Å². The predicted molar refractivity (Wildman–Crippen MR) is 136 cm³/mol. The number of hydrogen-bond donors (Lipinski definition) is 1. The van der Waals surface area contributed by atoms with Crippen LogP contribution in [0.5, 0.6) is 5.75 Å². The smallest absolute Gasteiger partial charge is 0.416 e. The first-order valence-electron chi connectivity index (χ1n) is 11.5. The van der Waals surface area contributed by atoms with Gasteiger partial charge >= 0.3 is 6.18 Å². The summed E-state index contributed by atoms with van der Waals surface area (Å²) >= 11 is 5.94. The average molecular weight is 598 g/mol. The third-order valence-corrected chi connectivity index (χ3v) is 9.06. The van der Waals surface area contributed by atoms with Gasteiger partial charge in [-0.1, -0.05) is 18.0 Å². The van der Waals surface area contributed by atoms with E-state index in [0.717, 1.165) is 31.6 Å². The summed E-state index contributed by atoms with van der Waals surface area (Å²) in [6, 6.07) is 8.02. The fraction of sp³-hybridized carbons (Fsp3) is 0.435. The lowest BCUT2D eigenvalue weighted by Crippen LogP contribution is -2.41. The SMILES string of the molecule is CS(=O)(=O)N(CC(=O)NCCOc1ccc(S(=O)(=O)N2CCCCC2)cc1)c1cc(C(F)(F)F)ccc1Cl. The summed E-state index contributed by atoms with van der Waals surface area (Å²) < 4.78 is 96.6. The number of ether oxygens (including phenoxy) is 1. The number of carbonyl (C=O) groups is 1. The summed E-state index contributed by atoms with van der Waals surface area (Å²) in [6.45, 7) is 0.0741. The van der Waals surface area contributed by atoms with Crippen LogP contribution in [-0.4, -0.2) is 66.1 Å². The van der Waals surface area contributed by atoms with Crippen molar-refractivity contribution in [1.29, 1.82) is 0 Å². The Morgan fingerprint density at radius 2 is 1.68 bits per heavy atom. The number of sulfonamides is 2. The lowest BCUT2D eigenvalue weighted by atomic mass is 10.2. The second-order valence-electron chi connectivity index (χ2n) is 8.57. The molecule has 2 aromatic carbocycles. The number of nitrogens with one attached hydrogen (secondary N) is 1. The van der Waals surface area contributed by atoms with Crippen LogP contribution in [0.15, 0.2) is 47.4 Å². The Morgan fingerprint density at radius 1 is 1.05 bits per heavy atom. The van der Waals surface area contributed by atoms with Crippen molar-refractivity contribution >= 4 is 43.2 Å². The first-order chi connectivity index (χ1) is 17.7. The normalized spacial score (nSPS) is 15.2. The number of anilines is 1. The molecule has 1 fully saturated rings. The Kier molecular flexibility index (Phi) is 9.55. The largest absolute Gasteiger partial charge is 0.492 e. The predicted octanol–water partition coefficient (Wildman–Crippen LogP) is 3.49. The molecular formula is C23H27ClF3N3O6S2. The molecule has 38 heavy (non-hydrogen) atoms. The van der Waals surface area contributed by atoms with Crippen molar-refractivity contribution < 1.29 is 39.5 Å². The molecular weight excluding hydrogens is 571 g/mol. The summed E-state index contributed by atoms with van der Waals surface area (Å²) in [4.78, 5) is 12.5. The van der Waals surface area contributed by atoms with Gasteiger partial charge in [0.2, 0.25) is 26.0 Å². The van der Waals surface area contributed by atoms with E-state index < -0.39 is 49.9 Å². The topological polar surface area (TPSA) is 113 Å². The minimum Gasteiger partial charge on any atom is -0.492 e. The highest BCUT2D eigenvalue weighted by Crippen LogP contribution is 2.36. The summed E-state index contributed by atoms with van der Waals surface area (Å²) in [7, 11) is -7.74. The van der Waals surface area contributed by atoms with Crippen LogP contribution in [0.1, 0.15) is 24.8 Å². The van der Waals surface area contributed by atoms with Gasteiger partial charge in [0.05, 0.1) is 34.0 Å². The van der Waals surface area contributed by atoms with Crippen LogP contribution in [0, 0.1) is 0 Å². The molecule has 0 atom stereocenters. The number of nitrogens with zero attached hydrogens (tertiary/aromatic N) is 2. The van der Waals surface area contributed by atoms with E-state index in [2.05, 4.69) is 5.32 Å². The molecule has 9 nitrogen and oxygen atoms in total. The molecule has 0 bridgehead atoms. The fourth-order valence-electron chi connectivity index (χ4n) is 3.77. The molecule has 0 saturated carbocycles. The third-order valence-electron chi connectivity index (χ3n) is 5.70. The van der Waals surface area contributed by atoms with Crippen LogP contribution in [0.4, 0.5) is 18.9 Å². The molecule has 0 radical (unpaired) electrons. The Bertz CT molecular complexity index is 1350. The maximum atomic E-state index is 13.1. The van der Waals surface area contributed by atoms with Crippen molar-refractivity contribution in [3.05, 3.63) is 53.1 Å². The highest BCUT2D eigenvalue weighted by molar-refractivity contribution is 7.92. The van der Waals surface area contributed by atoms with Crippen LogP contribution in [0.25, 0.3) is 0 Å². The first kappa shape index (κ1) is 30.0. The van der Waals surface area contributed by atoms with Crippen molar-refractivity contribution in [3.8, 4) is 5.75 Å². The van der Waals surface area contributed by atoms with E-state index in [4.69, 9.17) is 16.3 Å². The number of halogens is 4. The van der Waals surface area contributed by atoms with Crippen LogP contribution in [0.2, 0.25) is 5.02 Å². The highest BCUT2D eigenvalue weighted by atomic mass is 35.5. The lowest BCUT2D eigenvalue weighted by Gasteiger charge is -2.25.